The van der Waals surface area contributed by atoms with Crippen molar-refractivity contribution in [2.24, 2.45) is 0 Å². The lowest BCUT2D eigenvalue weighted by Crippen LogP contribution is -2.23. The maximum Gasteiger partial charge on any atom is 0.263 e. The summed E-state index contributed by atoms with van der Waals surface area (Å²) >= 11 is 1.28. The smallest absolute Gasteiger partial charge is 0.263 e. The summed E-state index contributed by atoms with van der Waals surface area (Å²) in [5, 5.41) is 26.2. The third-order valence-corrected chi connectivity index (χ3v) is 2.88. The Hall–Kier alpha value is -2.24. The van der Waals surface area contributed by atoms with E-state index in [-0.39, 0.29) is 19.1 Å². The van der Waals surface area contributed by atoms with Gasteiger partial charge < -0.3 is 10.4 Å². The molecule has 0 aromatic carbocycles. The van der Waals surface area contributed by atoms with E-state index in [0.717, 1.165) is 0 Å². The highest BCUT2D eigenvalue weighted by Gasteiger charge is 2.12. The van der Waals surface area contributed by atoms with Gasteiger partial charge in [0, 0.05) is 5.56 Å². The van der Waals surface area contributed by atoms with E-state index >= 15 is 0 Å². The summed E-state index contributed by atoms with van der Waals surface area (Å²) in [6.07, 6.45) is 0. The molecule has 0 aliphatic rings. The number of H-pyrrole nitrogens is 1. The SMILES string of the molecule is O=C(NCc1nn[nH]n1)c1sccc1C#CCO. The quantitative estimate of drug-likeness (QED) is 0.650. The molecule has 2 aromatic rings. The zero-order chi connectivity index (χ0) is 12.8. The van der Waals surface area contributed by atoms with E-state index in [1.807, 2.05) is 0 Å². The molecule has 3 N–H and O–H groups in total. The first kappa shape index (κ1) is 12.2. The fraction of sp³-hybridized carbons (Fsp3) is 0.200. The lowest BCUT2D eigenvalue weighted by Gasteiger charge is -2.00. The van der Waals surface area contributed by atoms with E-state index in [0.29, 0.717) is 16.3 Å². The highest BCUT2D eigenvalue weighted by Crippen LogP contribution is 2.15. The van der Waals surface area contributed by atoms with Crippen LogP contribution in [0.2, 0.25) is 0 Å². The predicted molar refractivity (Wildman–Crippen MR) is 63.6 cm³/mol. The first-order valence-corrected chi connectivity index (χ1v) is 5.87. The zero-order valence-corrected chi connectivity index (χ0v) is 9.99. The van der Waals surface area contributed by atoms with Gasteiger partial charge in [-0.1, -0.05) is 17.1 Å². The van der Waals surface area contributed by atoms with Crippen molar-refractivity contribution in [3.63, 3.8) is 0 Å². The number of amides is 1. The number of hydrogen-bond acceptors (Lipinski definition) is 6. The van der Waals surface area contributed by atoms with Crippen LogP contribution in [0, 0.1) is 11.8 Å². The van der Waals surface area contributed by atoms with E-state index in [2.05, 4.69) is 37.8 Å². The van der Waals surface area contributed by atoms with Crippen LogP contribution in [0.15, 0.2) is 11.4 Å². The van der Waals surface area contributed by atoms with Gasteiger partial charge in [0.2, 0.25) is 0 Å². The van der Waals surface area contributed by atoms with Crippen molar-refractivity contribution in [2.45, 2.75) is 6.54 Å². The lowest BCUT2D eigenvalue weighted by molar-refractivity contribution is 0.0953. The minimum absolute atomic E-state index is 0.195. The van der Waals surface area contributed by atoms with Gasteiger partial charge in [-0.25, -0.2) is 0 Å². The van der Waals surface area contributed by atoms with Gasteiger partial charge in [0.05, 0.1) is 6.54 Å². The summed E-state index contributed by atoms with van der Waals surface area (Å²) in [6.45, 7) is -0.0418. The number of hydrogen-bond donors (Lipinski definition) is 3. The van der Waals surface area contributed by atoms with Crippen LogP contribution in [0.5, 0.6) is 0 Å². The number of aromatic nitrogens is 4. The second-order valence-corrected chi connectivity index (χ2v) is 4.05. The van der Waals surface area contributed by atoms with Gasteiger partial charge in [0.15, 0.2) is 5.82 Å². The van der Waals surface area contributed by atoms with Crippen LogP contribution < -0.4 is 5.32 Å². The Balaban J connectivity index is 2.02. The number of nitrogens with one attached hydrogen (secondary N) is 2. The van der Waals surface area contributed by atoms with Crippen molar-refractivity contribution < 1.29 is 9.90 Å². The Labute approximate surface area is 106 Å². The first-order chi connectivity index (χ1) is 8.81. The summed E-state index contributed by atoms with van der Waals surface area (Å²) in [4.78, 5) is 12.4. The highest BCUT2D eigenvalue weighted by atomic mass is 32.1. The average Bonchev–Trinajstić information content (AvgIpc) is 3.04. The third kappa shape index (κ3) is 2.91. The molecule has 0 bridgehead atoms. The molecule has 2 aromatic heterocycles. The van der Waals surface area contributed by atoms with E-state index in [1.165, 1.54) is 11.3 Å². The van der Waals surface area contributed by atoms with Crippen LogP contribution in [0.25, 0.3) is 0 Å². The van der Waals surface area contributed by atoms with Crippen LogP contribution in [0.4, 0.5) is 0 Å². The predicted octanol–water partition coefficient (Wildman–Crippen LogP) is -0.465. The minimum atomic E-state index is -0.253. The molecule has 18 heavy (non-hydrogen) atoms. The molecule has 2 rings (SSSR count). The van der Waals surface area contributed by atoms with Crippen LogP contribution in [0.1, 0.15) is 21.1 Å². The fourth-order valence-electron chi connectivity index (χ4n) is 1.22. The molecular formula is C10H9N5O2S. The Morgan fingerprint density at radius 2 is 2.50 bits per heavy atom. The largest absolute Gasteiger partial charge is 0.384 e. The second-order valence-electron chi connectivity index (χ2n) is 3.13. The van der Waals surface area contributed by atoms with Gasteiger partial charge in [-0.2, -0.15) is 5.21 Å². The van der Waals surface area contributed by atoms with Crippen LogP contribution in [-0.2, 0) is 6.54 Å². The zero-order valence-electron chi connectivity index (χ0n) is 9.17. The Morgan fingerprint density at radius 3 is 3.22 bits per heavy atom. The maximum atomic E-state index is 11.9. The molecule has 0 aliphatic carbocycles. The van der Waals surface area contributed by atoms with Gasteiger partial charge in [0.25, 0.3) is 5.91 Å². The Morgan fingerprint density at radius 1 is 1.61 bits per heavy atom. The van der Waals surface area contributed by atoms with Crippen LogP contribution >= 0.6 is 11.3 Å². The second kappa shape index (κ2) is 5.90. The average molecular weight is 263 g/mol. The number of nitrogens with zero attached hydrogens (tertiary/aromatic N) is 3. The number of carbonyl (C=O) groups is 1. The molecule has 0 saturated carbocycles. The molecule has 8 heteroatoms. The normalized spacial score (nSPS) is 9.61. The number of carbonyl (C=O) groups excluding carboxylic acids is 1. The Kier molecular flexibility index (Phi) is 4.01. The summed E-state index contributed by atoms with van der Waals surface area (Å²) < 4.78 is 0. The van der Waals surface area contributed by atoms with E-state index in [1.54, 1.807) is 11.4 Å². The van der Waals surface area contributed by atoms with Crippen molar-refractivity contribution in [3.05, 3.63) is 27.7 Å². The minimum Gasteiger partial charge on any atom is -0.384 e. The number of aliphatic hydroxyl groups excluding tert-OH is 1. The fourth-order valence-corrected chi connectivity index (χ4v) is 1.98. The van der Waals surface area contributed by atoms with E-state index < -0.39 is 0 Å². The standard InChI is InChI=1S/C10H9N5O2S/c16-4-1-2-7-3-5-18-9(7)10(17)11-6-8-12-14-15-13-8/h3,5,16H,4,6H2,(H,11,17)(H,12,13,14,15). The van der Waals surface area contributed by atoms with E-state index in [4.69, 9.17) is 5.11 Å². The molecule has 2 heterocycles. The maximum absolute atomic E-state index is 11.9. The molecule has 0 saturated heterocycles. The monoisotopic (exact) mass is 263 g/mol. The van der Waals surface area contributed by atoms with E-state index in [9.17, 15) is 4.79 Å². The molecule has 0 atom stereocenters. The molecule has 7 nitrogen and oxygen atoms in total. The van der Waals surface area contributed by atoms with Crippen molar-refractivity contribution in [1.82, 2.24) is 25.9 Å². The number of aliphatic hydroxyl groups is 1. The van der Waals surface area contributed by atoms with Crippen LogP contribution in [0.3, 0.4) is 0 Å². The van der Waals surface area contributed by atoms with Crippen molar-refractivity contribution >= 4 is 17.2 Å². The van der Waals surface area contributed by atoms with Crippen molar-refractivity contribution in [2.75, 3.05) is 6.61 Å². The molecule has 1 amide bonds. The molecule has 0 radical (unpaired) electrons. The molecule has 92 valence electrons. The molecule has 0 aliphatic heterocycles. The van der Waals surface area contributed by atoms with Crippen LogP contribution in [-0.4, -0.2) is 38.2 Å². The number of tetrazole rings is 1. The summed E-state index contributed by atoms with van der Waals surface area (Å²) in [5.41, 5.74) is 0.597. The van der Waals surface area contributed by atoms with Gasteiger partial charge in [-0.15, -0.1) is 21.5 Å². The van der Waals surface area contributed by atoms with Gasteiger partial charge >= 0.3 is 0 Å². The van der Waals surface area contributed by atoms with Gasteiger partial charge in [0.1, 0.15) is 11.5 Å². The van der Waals surface area contributed by atoms with Crippen molar-refractivity contribution in [3.8, 4) is 11.8 Å². The first-order valence-electron chi connectivity index (χ1n) is 4.99. The molecule has 0 spiro atoms. The molecule has 0 fully saturated rings. The van der Waals surface area contributed by atoms with Crippen molar-refractivity contribution in [1.29, 1.82) is 0 Å². The number of rotatable bonds is 3. The summed E-state index contributed by atoms with van der Waals surface area (Å²) in [7, 11) is 0. The lowest BCUT2D eigenvalue weighted by atomic mass is 10.2. The number of aromatic amines is 1. The highest BCUT2D eigenvalue weighted by molar-refractivity contribution is 7.12. The number of thiophene rings is 1. The summed E-state index contributed by atoms with van der Waals surface area (Å²) in [5.74, 6) is 5.38. The van der Waals surface area contributed by atoms with Gasteiger partial charge in [-0.3, -0.25) is 4.79 Å². The topological polar surface area (TPSA) is 104 Å². The Bertz CT molecular complexity index is 581. The third-order valence-electron chi connectivity index (χ3n) is 1.97. The molecule has 0 unspecified atom stereocenters. The van der Waals surface area contributed by atoms with Gasteiger partial charge in [-0.05, 0) is 11.4 Å². The molecular weight excluding hydrogens is 254 g/mol. The summed E-state index contributed by atoms with van der Waals surface area (Å²) in [6, 6.07) is 1.73.